The lowest BCUT2D eigenvalue weighted by molar-refractivity contribution is 0.0932. The molecular formula is C11H12Br3NOS. The molecule has 0 aromatic carbocycles. The van der Waals surface area contributed by atoms with Crippen LogP contribution in [0.5, 0.6) is 0 Å². The summed E-state index contributed by atoms with van der Waals surface area (Å²) in [7, 11) is 0. The van der Waals surface area contributed by atoms with Crippen molar-refractivity contribution in [3.63, 3.8) is 0 Å². The summed E-state index contributed by atoms with van der Waals surface area (Å²) in [6.45, 7) is 0. The topological polar surface area (TPSA) is 29.1 Å². The van der Waals surface area contributed by atoms with E-state index in [0.717, 1.165) is 38.8 Å². The van der Waals surface area contributed by atoms with Gasteiger partial charge in [-0.25, -0.2) is 0 Å². The SMILES string of the molecule is O=C(NC1CCC(Br)CC1)c1cc(Br)c(Br)s1. The molecular weight excluding hydrogens is 434 g/mol. The summed E-state index contributed by atoms with van der Waals surface area (Å²) in [6.07, 6.45) is 4.41. The van der Waals surface area contributed by atoms with Crippen LogP contribution in [0.15, 0.2) is 14.3 Å². The number of alkyl halides is 1. The highest BCUT2D eigenvalue weighted by molar-refractivity contribution is 9.13. The van der Waals surface area contributed by atoms with Gasteiger partial charge in [0.1, 0.15) is 0 Å². The van der Waals surface area contributed by atoms with Gasteiger partial charge in [-0.3, -0.25) is 4.79 Å². The van der Waals surface area contributed by atoms with Crippen molar-refractivity contribution in [1.29, 1.82) is 0 Å². The molecule has 0 atom stereocenters. The second kappa shape index (κ2) is 6.17. The first-order valence-corrected chi connectivity index (χ1v) is 8.78. The molecule has 1 aromatic heterocycles. The van der Waals surface area contributed by atoms with Gasteiger partial charge in [0.2, 0.25) is 0 Å². The monoisotopic (exact) mass is 443 g/mol. The van der Waals surface area contributed by atoms with E-state index in [2.05, 4.69) is 53.1 Å². The quantitative estimate of drug-likeness (QED) is 0.656. The van der Waals surface area contributed by atoms with Crippen molar-refractivity contribution in [2.75, 3.05) is 0 Å². The highest BCUT2D eigenvalue weighted by Gasteiger charge is 2.22. The van der Waals surface area contributed by atoms with Crippen LogP contribution in [0.1, 0.15) is 35.4 Å². The minimum atomic E-state index is 0.0411. The van der Waals surface area contributed by atoms with Gasteiger partial charge in [-0.05, 0) is 63.6 Å². The molecule has 1 aliphatic carbocycles. The van der Waals surface area contributed by atoms with E-state index in [4.69, 9.17) is 0 Å². The summed E-state index contributed by atoms with van der Waals surface area (Å²) in [6, 6.07) is 2.19. The van der Waals surface area contributed by atoms with E-state index in [-0.39, 0.29) is 5.91 Å². The molecule has 1 saturated carbocycles. The first kappa shape index (κ1) is 14.0. The van der Waals surface area contributed by atoms with Crippen LogP contribution in [0.25, 0.3) is 0 Å². The molecule has 0 bridgehead atoms. The highest BCUT2D eigenvalue weighted by atomic mass is 79.9. The maximum absolute atomic E-state index is 12.0. The Morgan fingerprint density at radius 2 is 1.94 bits per heavy atom. The van der Waals surface area contributed by atoms with E-state index in [9.17, 15) is 4.79 Å². The molecule has 1 heterocycles. The second-order valence-electron chi connectivity index (χ2n) is 4.15. The number of halogens is 3. The lowest BCUT2D eigenvalue weighted by Crippen LogP contribution is -2.37. The average Bonchev–Trinajstić information content (AvgIpc) is 2.63. The molecule has 0 saturated heterocycles. The number of carbonyl (C=O) groups excluding carboxylic acids is 1. The standard InChI is InChI=1S/C11H12Br3NOS/c12-6-1-3-7(4-2-6)15-11(16)9-5-8(13)10(14)17-9/h5-7H,1-4H2,(H,15,16). The summed E-state index contributed by atoms with van der Waals surface area (Å²) in [5.74, 6) is 0.0411. The van der Waals surface area contributed by atoms with Gasteiger partial charge in [-0.2, -0.15) is 0 Å². The number of thiophene rings is 1. The van der Waals surface area contributed by atoms with Crippen LogP contribution in [0.4, 0.5) is 0 Å². The smallest absolute Gasteiger partial charge is 0.261 e. The second-order valence-corrected chi connectivity index (χ2v) is 8.67. The third-order valence-corrected chi connectivity index (χ3v) is 7.03. The summed E-state index contributed by atoms with van der Waals surface area (Å²) < 4.78 is 1.91. The van der Waals surface area contributed by atoms with Crippen molar-refractivity contribution >= 4 is 65.0 Å². The van der Waals surface area contributed by atoms with Gasteiger partial charge < -0.3 is 5.32 Å². The van der Waals surface area contributed by atoms with Crippen LogP contribution in [0, 0.1) is 0 Å². The number of nitrogens with one attached hydrogen (secondary N) is 1. The van der Waals surface area contributed by atoms with Crippen LogP contribution in [-0.2, 0) is 0 Å². The maximum Gasteiger partial charge on any atom is 0.261 e. The minimum absolute atomic E-state index is 0.0411. The van der Waals surface area contributed by atoms with Crippen molar-refractivity contribution < 1.29 is 4.79 Å². The van der Waals surface area contributed by atoms with E-state index < -0.39 is 0 Å². The van der Waals surface area contributed by atoms with Gasteiger partial charge in [0.05, 0.1) is 8.66 Å². The Kier molecular flexibility index (Phi) is 5.09. The lowest BCUT2D eigenvalue weighted by atomic mass is 9.95. The first-order chi connectivity index (χ1) is 8.06. The van der Waals surface area contributed by atoms with Gasteiger partial charge in [-0.15, -0.1) is 11.3 Å². The molecule has 1 N–H and O–H groups in total. The van der Waals surface area contributed by atoms with Crippen molar-refractivity contribution in [2.45, 2.75) is 36.6 Å². The molecule has 1 fully saturated rings. The fourth-order valence-electron chi connectivity index (χ4n) is 1.91. The number of hydrogen-bond acceptors (Lipinski definition) is 2. The number of amides is 1. The van der Waals surface area contributed by atoms with Crippen LogP contribution in [0.3, 0.4) is 0 Å². The Morgan fingerprint density at radius 1 is 1.29 bits per heavy atom. The van der Waals surface area contributed by atoms with Crippen molar-refractivity contribution in [3.05, 3.63) is 19.2 Å². The van der Waals surface area contributed by atoms with Crippen LogP contribution in [-0.4, -0.2) is 16.8 Å². The van der Waals surface area contributed by atoms with Crippen LogP contribution < -0.4 is 5.32 Å². The normalized spacial score (nSPS) is 24.6. The zero-order valence-electron chi connectivity index (χ0n) is 9.01. The molecule has 0 spiro atoms. The van der Waals surface area contributed by atoms with Crippen molar-refractivity contribution in [3.8, 4) is 0 Å². The van der Waals surface area contributed by atoms with Gasteiger partial charge >= 0.3 is 0 Å². The first-order valence-electron chi connectivity index (χ1n) is 5.46. The number of carbonyl (C=O) groups is 1. The molecule has 0 radical (unpaired) electrons. The molecule has 1 amide bonds. The fourth-order valence-corrected chi connectivity index (χ4v) is 4.38. The van der Waals surface area contributed by atoms with Gasteiger partial charge in [-0.1, -0.05) is 15.9 Å². The van der Waals surface area contributed by atoms with Crippen molar-refractivity contribution in [1.82, 2.24) is 5.32 Å². The highest BCUT2D eigenvalue weighted by Crippen LogP contribution is 2.32. The molecule has 94 valence electrons. The summed E-state index contributed by atoms with van der Waals surface area (Å²) in [5.41, 5.74) is 0. The Bertz CT molecular complexity index is 393. The molecule has 0 unspecified atom stereocenters. The molecule has 1 aliphatic rings. The Labute approximate surface area is 130 Å². The third kappa shape index (κ3) is 3.78. The molecule has 1 aromatic rings. The van der Waals surface area contributed by atoms with Crippen LogP contribution in [0.2, 0.25) is 0 Å². The molecule has 6 heteroatoms. The zero-order chi connectivity index (χ0) is 12.4. The zero-order valence-corrected chi connectivity index (χ0v) is 14.6. The maximum atomic E-state index is 12.0. The fraction of sp³-hybridized carbons (Fsp3) is 0.545. The molecule has 2 rings (SSSR count). The van der Waals surface area contributed by atoms with Gasteiger partial charge in [0.25, 0.3) is 5.91 Å². The Balaban J connectivity index is 1.93. The van der Waals surface area contributed by atoms with E-state index >= 15 is 0 Å². The number of hydrogen-bond donors (Lipinski definition) is 1. The lowest BCUT2D eigenvalue weighted by Gasteiger charge is -2.25. The van der Waals surface area contributed by atoms with Crippen molar-refractivity contribution in [2.24, 2.45) is 0 Å². The minimum Gasteiger partial charge on any atom is -0.349 e. The molecule has 17 heavy (non-hydrogen) atoms. The Morgan fingerprint density at radius 3 is 2.47 bits per heavy atom. The third-order valence-electron chi connectivity index (χ3n) is 2.86. The predicted octanol–water partition coefficient (Wildman–Crippen LogP) is 4.71. The summed E-state index contributed by atoms with van der Waals surface area (Å²) in [4.78, 5) is 13.4. The van der Waals surface area contributed by atoms with Crippen LogP contribution >= 0.6 is 59.1 Å². The average molecular weight is 446 g/mol. The largest absolute Gasteiger partial charge is 0.349 e. The Hall–Kier alpha value is 0.610. The summed E-state index contributed by atoms with van der Waals surface area (Å²) >= 11 is 11.9. The molecule has 0 aliphatic heterocycles. The van der Waals surface area contributed by atoms with E-state index in [1.54, 1.807) is 0 Å². The van der Waals surface area contributed by atoms with E-state index in [1.165, 1.54) is 11.3 Å². The molecule has 2 nitrogen and oxygen atoms in total. The van der Waals surface area contributed by atoms with Gasteiger partial charge in [0, 0.05) is 15.3 Å². The van der Waals surface area contributed by atoms with E-state index in [0.29, 0.717) is 10.9 Å². The van der Waals surface area contributed by atoms with E-state index in [1.807, 2.05) is 6.07 Å². The van der Waals surface area contributed by atoms with Gasteiger partial charge in [0.15, 0.2) is 0 Å². The number of rotatable bonds is 2. The summed E-state index contributed by atoms with van der Waals surface area (Å²) in [5, 5.41) is 3.11. The predicted molar refractivity (Wildman–Crippen MR) is 82.2 cm³/mol.